The fraction of sp³-hybridized carbons (Fsp3) is 0.346. The van der Waals surface area contributed by atoms with Crippen LogP contribution in [0.1, 0.15) is 47.8 Å². The van der Waals surface area contributed by atoms with Gasteiger partial charge < -0.3 is 20.3 Å². The Morgan fingerprint density at radius 1 is 1.03 bits per heavy atom. The van der Waals surface area contributed by atoms with E-state index in [1.54, 1.807) is 24.3 Å². The molecule has 0 spiro atoms. The van der Waals surface area contributed by atoms with E-state index >= 15 is 0 Å². The van der Waals surface area contributed by atoms with E-state index < -0.39 is 17.8 Å². The molecule has 1 saturated heterocycles. The Kier molecular flexibility index (Phi) is 5.91. The highest BCUT2D eigenvalue weighted by molar-refractivity contribution is 6.10. The summed E-state index contributed by atoms with van der Waals surface area (Å²) in [7, 11) is 0. The van der Waals surface area contributed by atoms with Crippen LogP contribution in [-0.4, -0.2) is 46.3 Å². The van der Waals surface area contributed by atoms with Crippen molar-refractivity contribution in [3.63, 3.8) is 0 Å². The standard InChI is InChI=1S/C26H25FN2O5/c27-17-3-1-14(2-4-17)22-20-6-5-19(30)13-21(20)24(29-23(22)15-7-9-34-10-8-15)25(31)28-18-11-16(12-18)26(32)33/h1-6,13,15-16,18,30H,7-12H2,(H,28,31)(H,32,33)/t16-,18-. The zero-order chi connectivity index (χ0) is 23.8. The van der Waals surface area contributed by atoms with Crippen LogP contribution < -0.4 is 5.32 Å². The SMILES string of the molecule is O=C(N[C@H]1C[C@H](C(=O)O)C1)c1nc(C2CCOCC2)c(-c2ccc(F)cc2)c2ccc(O)cc12. The summed E-state index contributed by atoms with van der Waals surface area (Å²) in [5.74, 6) is -1.99. The molecule has 2 aliphatic rings. The van der Waals surface area contributed by atoms with Gasteiger partial charge in [-0.05, 0) is 67.0 Å². The number of aromatic nitrogens is 1. The number of carboxylic acids is 1. The Morgan fingerprint density at radius 2 is 1.74 bits per heavy atom. The molecular formula is C26H25FN2O5. The number of phenolic OH excluding ortho intramolecular Hbond substituents is 1. The molecule has 5 rings (SSSR count). The van der Waals surface area contributed by atoms with Gasteiger partial charge in [-0.25, -0.2) is 9.37 Å². The normalized spacial score (nSPS) is 20.6. The summed E-state index contributed by atoms with van der Waals surface area (Å²) in [5, 5.41) is 23.5. The van der Waals surface area contributed by atoms with Gasteiger partial charge in [0.1, 0.15) is 17.3 Å². The Bertz CT molecular complexity index is 1250. The third-order valence-corrected chi connectivity index (χ3v) is 6.79. The maximum atomic E-state index is 13.7. The molecule has 1 saturated carbocycles. The molecule has 1 aromatic heterocycles. The molecule has 0 bridgehead atoms. The molecule has 0 atom stereocenters. The lowest BCUT2D eigenvalue weighted by Gasteiger charge is -2.33. The van der Waals surface area contributed by atoms with E-state index in [1.807, 2.05) is 0 Å². The second-order valence-corrected chi connectivity index (χ2v) is 9.02. The Morgan fingerprint density at radius 3 is 2.41 bits per heavy atom. The third-order valence-electron chi connectivity index (χ3n) is 6.79. The number of halogens is 1. The highest BCUT2D eigenvalue weighted by Gasteiger charge is 2.36. The molecular weight excluding hydrogens is 439 g/mol. The summed E-state index contributed by atoms with van der Waals surface area (Å²) in [4.78, 5) is 29.3. The lowest BCUT2D eigenvalue weighted by Crippen LogP contribution is -2.47. The van der Waals surface area contributed by atoms with Gasteiger partial charge in [-0.15, -0.1) is 0 Å². The van der Waals surface area contributed by atoms with Gasteiger partial charge in [-0.3, -0.25) is 9.59 Å². The highest BCUT2D eigenvalue weighted by atomic mass is 19.1. The zero-order valence-corrected chi connectivity index (χ0v) is 18.5. The molecule has 2 heterocycles. The van der Waals surface area contributed by atoms with Crippen LogP contribution in [0.25, 0.3) is 21.9 Å². The average Bonchev–Trinajstić information content (AvgIpc) is 2.81. The molecule has 2 aromatic carbocycles. The quantitative estimate of drug-likeness (QED) is 0.521. The monoisotopic (exact) mass is 464 g/mol. The minimum atomic E-state index is -0.857. The molecule has 2 fully saturated rings. The van der Waals surface area contributed by atoms with Crippen molar-refractivity contribution in [3.05, 3.63) is 59.7 Å². The average molecular weight is 464 g/mol. The summed E-state index contributed by atoms with van der Waals surface area (Å²) >= 11 is 0. The minimum absolute atomic E-state index is 0.00167. The molecule has 1 aliphatic heterocycles. The molecule has 34 heavy (non-hydrogen) atoms. The van der Waals surface area contributed by atoms with Crippen LogP contribution in [0.5, 0.6) is 5.75 Å². The topological polar surface area (TPSA) is 109 Å². The van der Waals surface area contributed by atoms with Crippen LogP contribution in [0.4, 0.5) is 4.39 Å². The second kappa shape index (κ2) is 9.02. The molecule has 0 radical (unpaired) electrons. The predicted molar refractivity (Wildman–Crippen MR) is 123 cm³/mol. The van der Waals surface area contributed by atoms with Crippen molar-refractivity contribution in [1.29, 1.82) is 0 Å². The summed E-state index contributed by atoms with van der Waals surface area (Å²) < 4.78 is 19.2. The summed E-state index contributed by atoms with van der Waals surface area (Å²) in [6.07, 6.45) is 2.25. The molecule has 7 nitrogen and oxygen atoms in total. The van der Waals surface area contributed by atoms with Gasteiger partial charge in [0.2, 0.25) is 0 Å². The van der Waals surface area contributed by atoms with E-state index in [0.717, 1.165) is 35.0 Å². The van der Waals surface area contributed by atoms with Gasteiger partial charge in [-0.2, -0.15) is 0 Å². The van der Waals surface area contributed by atoms with Gasteiger partial charge in [0.25, 0.3) is 5.91 Å². The third kappa shape index (κ3) is 4.21. The van der Waals surface area contributed by atoms with Gasteiger partial charge in [0.05, 0.1) is 11.6 Å². The van der Waals surface area contributed by atoms with Crippen molar-refractivity contribution in [2.45, 2.75) is 37.6 Å². The number of ether oxygens (including phenoxy) is 1. The lowest BCUT2D eigenvalue weighted by molar-refractivity contribution is -0.145. The number of phenols is 1. The first-order valence-corrected chi connectivity index (χ1v) is 11.4. The smallest absolute Gasteiger partial charge is 0.306 e. The van der Waals surface area contributed by atoms with Crippen LogP contribution in [0, 0.1) is 11.7 Å². The van der Waals surface area contributed by atoms with Crippen LogP contribution in [0.15, 0.2) is 42.5 Å². The lowest BCUT2D eigenvalue weighted by atomic mass is 9.80. The summed E-state index contributed by atoms with van der Waals surface area (Å²) in [6, 6.07) is 10.8. The van der Waals surface area contributed by atoms with Crippen LogP contribution >= 0.6 is 0 Å². The molecule has 1 amide bonds. The van der Waals surface area contributed by atoms with Gasteiger partial charge >= 0.3 is 5.97 Å². The highest BCUT2D eigenvalue weighted by Crippen LogP contribution is 2.40. The van der Waals surface area contributed by atoms with Crippen molar-refractivity contribution in [2.24, 2.45) is 5.92 Å². The number of benzene rings is 2. The van der Waals surface area contributed by atoms with Gasteiger partial charge in [0.15, 0.2) is 0 Å². The first kappa shape index (κ1) is 22.3. The first-order chi connectivity index (χ1) is 16.4. The van der Waals surface area contributed by atoms with E-state index in [-0.39, 0.29) is 29.2 Å². The number of carboxylic acid groups (broad SMARTS) is 1. The van der Waals surface area contributed by atoms with Gasteiger partial charge in [0, 0.05) is 36.1 Å². The fourth-order valence-electron chi connectivity index (χ4n) is 4.87. The van der Waals surface area contributed by atoms with Crippen molar-refractivity contribution in [3.8, 4) is 16.9 Å². The fourth-order valence-corrected chi connectivity index (χ4v) is 4.87. The maximum absolute atomic E-state index is 13.7. The molecule has 3 aromatic rings. The molecule has 3 N–H and O–H groups in total. The maximum Gasteiger partial charge on any atom is 0.306 e. The second-order valence-electron chi connectivity index (χ2n) is 9.02. The Hall–Kier alpha value is -3.52. The molecule has 8 heteroatoms. The number of nitrogens with zero attached hydrogens (tertiary/aromatic N) is 1. The Balaban J connectivity index is 1.63. The number of rotatable bonds is 5. The van der Waals surface area contributed by atoms with Crippen molar-refractivity contribution >= 4 is 22.6 Å². The van der Waals surface area contributed by atoms with Crippen LogP contribution in [0.3, 0.4) is 0 Å². The number of aromatic hydroxyl groups is 1. The molecule has 0 unspecified atom stereocenters. The van der Waals surface area contributed by atoms with Gasteiger partial charge in [-0.1, -0.05) is 12.1 Å². The largest absolute Gasteiger partial charge is 0.508 e. The van der Waals surface area contributed by atoms with Crippen molar-refractivity contribution < 1.29 is 28.9 Å². The van der Waals surface area contributed by atoms with E-state index in [4.69, 9.17) is 14.8 Å². The first-order valence-electron chi connectivity index (χ1n) is 11.4. The Labute approximate surface area is 195 Å². The van der Waals surface area contributed by atoms with Crippen LogP contribution in [-0.2, 0) is 9.53 Å². The number of aliphatic carboxylic acids is 1. The minimum Gasteiger partial charge on any atom is -0.508 e. The number of pyridine rings is 1. The van der Waals surface area contributed by atoms with Crippen molar-refractivity contribution in [2.75, 3.05) is 13.2 Å². The number of amides is 1. The van der Waals surface area contributed by atoms with E-state index in [9.17, 15) is 19.1 Å². The number of carbonyl (C=O) groups is 2. The van der Waals surface area contributed by atoms with E-state index in [1.165, 1.54) is 18.2 Å². The number of hydrogen-bond acceptors (Lipinski definition) is 5. The van der Waals surface area contributed by atoms with E-state index in [0.29, 0.717) is 31.4 Å². The number of nitrogens with one attached hydrogen (secondary N) is 1. The zero-order valence-electron chi connectivity index (χ0n) is 18.5. The molecule has 176 valence electrons. The predicted octanol–water partition coefficient (Wildman–Crippen LogP) is 4.23. The van der Waals surface area contributed by atoms with Crippen molar-refractivity contribution in [1.82, 2.24) is 10.3 Å². The molecule has 1 aliphatic carbocycles. The summed E-state index contributed by atoms with van der Waals surface area (Å²) in [5.41, 5.74) is 2.53. The summed E-state index contributed by atoms with van der Waals surface area (Å²) in [6.45, 7) is 1.17. The number of hydrogen-bond donors (Lipinski definition) is 3. The number of fused-ring (bicyclic) bond motifs is 1. The van der Waals surface area contributed by atoms with Crippen LogP contribution in [0.2, 0.25) is 0 Å². The number of carbonyl (C=O) groups excluding carboxylic acids is 1. The van der Waals surface area contributed by atoms with E-state index in [2.05, 4.69) is 5.32 Å².